The van der Waals surface area contributed by atoms with E-state index >= 15 is 0 Å². The molecule has 0 fully saturated rings. The zero-order chi connectivity index (χ0) is 38.8. The van der Waals surface area contributed by atoms with Crippen LogP contribution in [-0.4, -0.2) is 9.97 Å². The van der Waals surface area contributed by atoms with Gasteiger partial charge in [0.05, 0.1) is 15.9 Å². The summed E-state index contributed by atoms with van der Waals surface area (Å²) in [6.07, 6.45) is 0. The third-order valence-electron chi connectivity index (χ3n) is 11.9. The van der Waals surface area contributed by atoms with Crippen molar-refractivity contribution in [2.45, 2.75) is 19.3 Å². The number of aromatic nitrogens is 2. The fraction of sp³-hybridized carbons (Fsp3) is 0.0545. The van der Waals surface area contributed by atoms with Gasteiger partial charge in [0, 0.05) is 26.6 Å². The van der Waals surface area contributed by atoms with Crippen LogP contribution in [0.15, 0.2) is 194 Å². The Morgan fingerprint density at radius 2 is 0.966 bits per heavy atom. The third kappa shape index (κ3) is 5.62. The van der Waals surface area contributed by atoms with Crippen LogP contribution < -0.4 is 0 Å². The quantitative estimate of drug-likeness (QED) is 0.169. The summed E-state index contributed by atoms with van der Waals surface area (Å²) in [5, 5.41) is 1.16. The maximum Gasteiger partial charge on any atom is 0.160 e. The molecule has 2 nitrogen and oxygen atoms in total. The molecule has 3 heteroatoms. The number of nitrogens with zero attached hydrogens (tertiary/aromatic N) is 2. The molecule has 0 saturated carbocycles. The molecule has 0 atom stereocenters. The molecular formula is C55H38N2S. The Morgan fingerprint density at radius 1 is 0.397 bits per heavy atom. The van der Waals surface area contributed by atoms with E-state index < -0.39 is 0 Å². The molecule has 0 unspecified atom stereocenters. The Morgan fingerprint density at radius 3 is 1.72 bits per heavy atom. The third-order valence-corrected chi connectivity index (χ3v) is 13.1. The van der Waals surface area contributed by atoms with Gasteiger partial charge in [-0.1, -0.05) is 178 Å². The van der Waals surface area contributed by atoms with Crippen molar-refractivity contribution in [3.05, 3.63) is 205 Å². The van der Waals surface area contributed by atoms with Gasteiger partial charge in [0.15, 0.2) is 5.82 Å². The lowest BCUT2D eigenvalue weighted by Gasteiger charge is -2.22. The minimum atomic E-state index is -0.0645. The van der Waals surface area contributed by atoms with Crippen molar-refractivity contribution in [1.82, 2.24) is 9.97 Å². The summed E-state index contributed by atoms with van der Waals surface area (Å²) in [6, 6.07) is 70.3. The van der Waals surface area contributed by atoms with Crippen molar-refractivity contribution in [3.8, 4) is 78.3 Å². The molecule has 1 aliphatic rings. The highest BCUT2D eigenvalue weighted by Crippen LogP contribution is 2.51. The summed E-state index contributed by atoms with van der Waals surface area (Å²) in [6.45, 7) is 4.69. The van der Waals surface area contributed by atoms with E-state index in [0.29, 0.717) is 0 Å². The molecule has 0 amide bonds. The fourth-order valence-electron chi connectivity index (χ4n) is 9.04. The topological polar surface area (TPSA) is 25.8 Å². The van der Waals surface area contributed by atoms with Crippen LogP contribution in [0.1, 0.15) is 25.0 Å². The van der Waals surface area contributed by atoms with Gasteiger partial charge in [-0.2, -0.15) is 0 Å². The van der Waals surface area contributed by atoms with Crippen molar-refractivity contribution >= 4 is 31.6 Å². The largest absolute Gasteiger partial charge is 0.226 e. The molecule has 2 heterocycles. The van der Waals surface area contributed by atoms with Crippen LogP contribution in [0, 0.1) is 0 Å². The molecule has 0 bridgehead atoms. The lowest BCUT2D eigenvalue weighted by Crippen LogP contribution is -2.14. The van der Waals surface area contributed by atoms with Crippen LogP contribution in [0.3, 0.4) is 0 Å². The second-order valence-corrected chi connectivity index (χ2v) is 16.8. The predicted octanol–water partition coefficient (Wildman–Crippen LogP) is 15.2. The van der Waals surface area contributed by atoms with E-state index in [2.05, 4.69) is 208 Å². The monoisotopic (exact) mass is 758 g/mol. The standard InChI is InChI=1S/C55H38N2S/c1-55(2)47-27-14-12-25-42(47)46-32-39(29-30-48(46)55)45-34-41(35-17-6-3-7-18-35)33-44(50(45)36-19-8-4-9-20-36)38-23-16-24-40(31-38)54-56-51(37-21-10-5-11-22-37)53-52(57-54)43-26-13-15-28-49(43)58-53/h3-34H,1-2H3. The van der Waals surface area contributed by atoms with Gasteiger partial charge in [0.1, 0.15) is 0 Å². The molecule has 8 aromatic carbocycles. The minimum Gasteiger partial charge on any atom is -0.226 e. The van der Waals surface area contributed by atoms with Crippen molar-refractivity contribution in [1.29, 1.82) is 0 Å². The van der Waals surface area contributed by atoms with E-state index in [1.807, 2.05) is 0 Å². The number of thiophene rings is 1. The van der Waals surface area contributed by atoms with Gasteiger partial charge in [-0.05, 0) is 97.1 Å². The zero-order valence-corrected chi connectivity index (χ0v) is 33.1. The summed E-state index contributed by atoms with van der Waals surface area (Å²) < 4.78 is 2.32. The number of hydrogen-bond donors (Lipinski definition) is 0. The number of benzene rings is 8. The Kier molecular flexibility index (Phi) is 8.06. The Hall–Kier alpha value is -6.94. The Bertz CT molecular complexity index is 3180. The maximum absolute atomic E-state index is 5.34. The maximum atomic E-state index is 5.34. The number of hydrogen-bond acceptors (Lipinski definition) is 3. The van der Waals surface area contributed by atoms with Crippen molar-refractivity contribution < 1.29 is 0 Å². The van der Waals surface area contributed by atoms with Crippen molar-refractivity contribution in [2.24, 2.45) is 0 Å². The van der Waals surface area contributed by atoms with Crippen LogP contribution >= 0.6 is 11.3 Å². The molecule has 0 N–H and O–H groups in total. The van der Waals surface area contributed by atoms with E-state index in [1.54, 1.807) is 11.3 Å². The van der Waals surface area contributed by atoms with Crippen LogP contribution in [0.4, 0.5) is 0 Å². The van der Waals surface area contributed by atoms with Gasteiger partial charge in [-0.15, -0.1) is 11.3 Å². The van der Waals surface area contributed by atoms with E-state index in [9.17, 15) is 0 Å². The zero-order valence-electron chi connectivity index (χ0n) is 32.3. The summed E-state index contributed by atoms with van der Waals surface area (Å²) >= 11 is 1.76. The molecule has 58 heavy (non-hydrogen) atoms. The molecule has 0 radical (unpaired) electrons. The summed E-state index contributed by atoms with van der Waals surface area (Å²) in [4.78, 5) is 10.7. The first-order chi connectivity index (χ1) is 28.5. The lowest BCUT2D eigenvalue weighted by molar-refractivity contribution is 0.660. The Balaban J connectivity index is 1.16. The van der Waals surface area contributed by atoms with Crippen LogP contribution in [0.5, 0.6) is 0 Å². The fourth-order valence-corrected chi connectivity index (χ4v) is 10.2. The van der Waals surface area contributed by atoms with E-state index in [1.165, 1.54) is 60.3 Å². The minimum absolute atomic E-state index is 0.0645. The molecule has 11 rings (SSSR count). The summed E-state index contributed by atoms with van der Waals surface area (Å²) in [7, 11) is 0. The first kappa shape index (κ1) is 34.3. The Labute approximate surface area is 342 Å². The van der Waals surface area contributed by atoms with Crippen molar-refractivity contribution in [3.63, 3.8) is 0 Å². The molecule has 1 aliphatic carbocycles. The predicted molar refractivity (Wildman–Crippen MR) is 245 cm³/mol. The summed E-state index contributed by atoms with van der Waals surface area (Å²) in [5.41, 5.74) is 18.8. The second-order valence-electron chi connectivity index (χ2n) is 15.7. The molecule has 0 saturated heterocycles. The van der Waals surface area contributed by atoms with Gasteiger partial charge in [-0.25, -0.2) is 9.97 Å². The first-order valence-electron chi connectivity index (χ1n) is 19.9. The highest BCUT2D eigenvalue weighted by Gasteiger charge is 2.35. The average molecular weight is 759 g/mol. The molecule has 274 valence electrons. The van der Waals surface area contributed by atoms with Gasteiger partial charge in [0.25, 0.3) is 0 Å². The summed E-state index contributed by atoms with van der Waals surface area (Å²) in [5.74, 6) is 0.720. The van der Waals surface area contributed by atoms with Crippen molar-refractivity contribution in [2.75, 3.05) is 0 Å². The number of rotatable bonds is 6. The lowest BCUT2D eigenvalue weighted by atomic mass is 9.81. The van der Waals surface area contributed by atoms with E-state index in [4.69, 9.17) is 9.97 Å². The highest BCUT2D eigenvalue weighted by atomic mass is 32.1. The smallest absolute Gasteiger partial charge is 0.160 e. The number of fused-ring (bicyclic) bond motifs is 6. The van der Waals surface area contributed by atoms with Crippen LogP contribution in [0.25, 0.3) is 98.6 Å². The molecular weight excluding hydrogens is 721 g/mol. The highest BCUT2D eigenvalue weighted by molar-refractivity contribution is 7.26. The molecule has 2 aromatic heterocycles. The normalized spacial score (nSPS) is 12.8. The molecule has 0 aliphatic heterocycles. The first-order valence-corrected chi connectivity index (χ1v) is 20.7. The van der Waals surface area contributed by atoms with E-state index in [-0.39, 0.29) is 5.41 Å². The van der Waals surface area contributed by atoms with Gasteiger partial charge >= 0.3 is 0 Å². The molecule has 0 spiro atoms. The second kappa shape index (κ2) is 13.6. The SMILES string of the molecule is CC1(C)c2ccccc2-c2cc(-c3cc(-c4ccccc4)cc(-c4cccc(-c5nc(-c6ccccc6)c6sc7ccccc7c6n5)c4)c3-c3ccccc3)ccc21. The average Bonchev–Trinajstić information content (AvgIpc) is 3.78. The van der Waals surface area contributed by atoms with Gasteiger partial charge < -0.3 is 0 Å². The van der Waals surface area contributed by atoms with Gasteiger partial charge in [0.2, 0.25) is 0 Å². The molecule has 10 aromatic rings. The van der Waals surface area contributed by atoms with E-state index in [0.717, 1.165) is 49.4 Å². The van der Waals surface area contributed by atoms with Gasteiger partial charge in [-0.3, -0.25) is 0 Å². The van der Waals surface area contributed by atoms with Crippen LogP contribution in [-0.2, 0) is 5.41 Å². The van der Waals surface area contributed by atoms with Crippen LogP contribution in [0.2, 0.25) is 0 Å².